The lowest BCUT2D eigenvalue weighted by Crippen LogP contribution is -2.30. The van der Waals surface area contributed by atoms with Gasteiger partial charge in [-0.3, -0.25) is 37.3 Å². The van der Waals surface area contributed by atoms with Gasteiger partial charge in [-0.15, -0.1) is 0 Å². The highest BCUT2D eigenvalue weighted by Crippen LogP contribution is 2.45. The fourth-order valence-electron chi connectivity index (χ4n) is 9.05. The predicted octanol–water partition coefficient (Wildman–Crippen LogP) is 16.6. The van der Waals surface area contributed by atoms with Crippen LogP contribution >= 0.6 is 15.6 Å². The zero-order valence-corrected chi connectivity index (χ0v) is 53.0. The summed E-state index contributed by atoms with van der Waals surface area (Å²) >= 11 is 0. The molecule has 0 saturated heterocycles. The van der Waals surface area contributed by atoms with Gasteiger partial charge >= 0.3 is 39.5 Å². The number of hydrogen-bond acceptors (Lipinski definition) is 15. The standard InChI is InChI=1S/C61H118O17P2/c1-6-9-12-15-17-26-31-35-40-45-59(64)72-51-57(78-61(66)47-42-37-32-28-25-23-21-19-18-20-22-24-27-30-34-38-43-54(4)5)53-76-80(69,70)74-49-55(62)48-73-79(67,68)75-52-56(50-71-58(63)44-39-33-14-11-8-3)77-60(65)46-41-36-29-16-13-10-7-2/h54-57,62H,6-53H2,1-5H3,(H,67,68)(H,69,70)/t55-,56+,57+/m0/s1. The summed E-state index contributed by atoms with van der Waals surface area (Å²) in [5.41, 5.74) is 0. The van der Waals surface area contributed by atoms with Gasteiger partial charge in [0.1, 0.15) is 19.3 Å². The van der Waals surface area contributed by atoms with Gasteiger partial charge in [-0.25, -0.2) is 9.13 Å². The maximum atomic E-state index is 12.9. The molecule has 0 amide bonds. The predicted molar refractivity (Wildman–Crippen MR) is 317 cm³/mol. The van der Waals surface area contributed by atoms with E-state index in [-0.39, 0.29) is 25.7 Å². The molecule has 0 saturated carbocycles. The van der Waals surface area contributed by atoms with E-state index in [1.165, 1.54) is 109 Å². The van der Waals surface area contributed by atoms with Crippen molar-refractivity contribution in [3.8, 4) is 0 Å². The number of hydrogen-bond donors (Lipinski definition) is 3. The zero-order chi connectivity index (χ0) is 59.2. The minimum Gasteiger partial charge on any atom is -0.462 e. The lowest BCUT2D eigenvalue weighted by atomic mass is 10.0. The van der Waals surface area contributed by atoms with E-state index in [0.29, 0.717) is 25.7 Å². The Bertz CT molecular complexity index is 1570. The minimum absolute atomic E-state index is 0.103. The molecule has 3 N–H and O–H groups in total. The topological polar surface area (TPSA) is 237 Å². The van der Waals surface area contributed by atoms with Crippen molar-refractivity contribution >= 4 is 39.5 Å². The Morgan fingerprint density at radius 3 is 0.850 bits per heavy atom. The normalized spacial score (nSPS) is 14.3. The van der Waals surface area contributed by atoms with Crippen molar-refractivity contribution in [3.05, 3.63) is 0 Å². The second-order valence-corrected chi connectivity index (χ2v) is 25.5. The first-order chi connectivity index (χ1) is 38.5. The average Bonchev–Trinajstić information content (AvgIpc) is 3.42. The summed E-state index contributed by atoms with van der Waals surface area (Å²) in [4.78, 5) is 71.6. The second-order valence-electron chi connectivity index (χ2n) is 22.6. The summed E-state index contributed by atoms with van der Waals surface area (Å²) in [6.45, 7) is 7.05. The van der Waals surface area contributed by atoms with Crippen LogP contribution in [0.3, 0.4) is 0 Å². The molecule has 0 aromatic rings. The number of aliphatic hydroxyl groups excluding tert-OH is 1. The van der Waals surface area contributed by atoms with Crippen molar-refractivity contribution in [2.24, 2.45) is 5.92 Å². The number of esters is 4. The third-order valence-electron chi connectivity index (χ3n) is 14.0. The van der Waals surface area contributed by atoms with E-state index in [0.717, 1.165) is 115 Å². The molecule has 0 spiro atoms. The van der Waals surface area contributed by atoms with Gasteiger partial charge in [0, 0.05) is 25.7 Å². The van der Waals surface area contributed by atoms with E-state index in [2.05, 4.69) is 34.6 Å². The monoisotopic (exact) mass is 1180 g/mol. The summed E-state index contributed by atoms with van der Waals surface area (Å²) in [6.07, 6.45) is 38.2. The Labute approximate surface area is 486 Å². The van der Waals surface area contributed by atoms with Gasteiger partial charge in [-0.05, 0) is 31.6 Å². The molecule has 17 nitrogen and oxygen atoms in total. The van der Waals surface area contributed by atoms with Crippen LogP contribution in [0, 0.1) is 5.92 Å². The maximum Gasteiger partial charge on any atom is 0.472 e. The zero-order valence-electron chi connectivity index (χ0n) is 51.2. The van der Waals surface area contributed by atoms with Gasteiger partial charge in [0.25, 0.3) is 0 Å². The quantitative estimate of drug-likeness (QED) is 0.0222. The van der Waals surface area contributed by atoms with E-state index in [4.69, 9.17) is 37.0 Å². The first-order valence-electron chi connectivity index (χ1n) is 32.1. The van der Waals surface area contributed by atoms with Crippen LogP contribution in [-0.4, -0.2) is 96.7 Å². The highest BCUT2D eigenvalue weighted by Gasteiger charge is 2.30. The first kappa shape index (κ1) is 78.1. The second kappa shape index (κ2) is 55.0. The largest absolute Gasteiger partial charge is 0.472 e. The molecule has 0 radical (unpaired) electrons. The molecule has 0 aliphatic heterocycles. The van der Waals surface area contributed by atoms with Gasteiger partial charge in [0.05, 0.1) is 26.4 Å². The summed E-state index contributed by atoms with van der Waals surface area (Å²) in [7, 11) is -9.86. The molecular formula is C61H118O17P2. The van der Waals surface area contributed by atoms with E-state index < -0.39 is 97.5 Å². The Kier molecular flexibility index (Phi) is 53.6. The summed E-state index contributed by atoms with van der Waals surface area (Å²) in [5, 5.41) is 10.5. The molecule has 5 atom stereocenters. The van der Waals surface area contributed by atoms with Gasteiger partial charge < -0.3 is 33.8 Å². The highest BCUT2D eigenvalue weighted by molar-refractivity contribution is 7.47. The van der Waals surface area contributed by atoms with Crippen molar-refractivity contribution in [1.29, 1.82) is 0 Å². The highest BCUT2D eigenvalue weighted by atomic mass is 31.2. The Balaban J connectivity index is 5.07. The van der Waals surface area contributed by atoms with Gasteiger partial charge in [-0.2, -0.15) is 0 Å². The Morgan fingerprint density at radius 1 is 0.338 bits per heavy atom. The van der Waals surface area contributed by atoms with Crippen molar-refractivity contribution in [1.82, 2.24) is 0 Å². The van der Waals surface area contributed by atoms with Crippen molar-refractivity contribution in [2.45, 2.75) is 323 Å². The molecule has 0 aromatic heterocycles. The van der Waals surface area contributed by atoms with Crippen LogP contribution in [0.4, 0.5) is 0 Å². The van der Waals surface area contributed by atoms with Gasteiger partial charge in [0.2, 0.25) is 0 Å². The summed E-state index contributed by atoms with van der Waals surface area (Å²) in [6, 6.07) is 0. The molecule has 0 rings (SSSR count). The molecular weight excluding hydrogens is 1070 g/mol. The van der Waals surface area contributed by atoms with Crippen LogP contribution in [0.1, 0.15) is 304 Å². The minimum atomic E-state index is -4.94. The van der Waals surface area contributed by atoms with Crippen LogP contribution in [-0.2, 0) is 65.4 Å². The van der Waals surface area contributed by atoms with Crippen molar-refractivity contribution in [3.63, 3.8) is 0 Å². The fourth-order valence-corrected chi connectivity index (χ4v) is 10.6. The smallest absolute Gasteiger partial charge is 0.462 e. The van der Waals surface area contributed by atoms with Crippen molar-refractivity contribution < 1.29 is 80.2 Å². The molecule has 0 fully saturated rings. The van der Waals surface area contributed by atoms with Crippen LogP contribution in [0.2, 0.25) is 0 Å². The lowest BCUT2D eigenvalue weighted by Gasteiger charge is -2.21. The lowest BCUT2D eigenvalue weighted by molar-refractivity contribution is -0.161. The number of rotatable bonds is 61. The Hall–Kier alpha value is -1.94. The van der Waals surface area contributed by atoms with Crippen LogP contribution in [0.25, 0.3) is 0 Å². The van der Waals surface area contributed by atoms with Gasteiger partial charge in [0.15, 0.2) is 12.2 Å². The molecule has 0 aromatic carbocycles. The first-order valence-corrected chi connectivity index (χ1v) is 35.1. The molecule has 0 heterocycles. The van der Waals surface area contributed by atoms with Crippen molar-refractivity contribution in [2.75, 3.05) is 39.6 Å². The number of phosphoric acid groups is 2. The Morgan fingerprint density at radius 2 is 0.575 bits per heavy atom. The molecule has 2 unspecified atom stereocenters. The van der Waals surface area contributed by atoms with E-state index in [1.807, 2.05) is 0 Å². The number of phosphoric ester groups is 2. The number of aliphatic hydroxyl groups is 1. The summed E-state index contributed by atoms with van der Waals surface area (Å²) < 4.78 is 67.5. The molecule has 0 bridgehead atoms. The number of carbonyl (C=O) groups is 4. The molecule has 474 valence electrons. The van der Waals surface area contributed by atoms with E-state index in [9.17, 15) is 43.2 Å². The number of carbonyl (C=O) groups excluding carboxylic acids is 4. The number of ether oxygens (including phenoxy) is 4. The maximum absolute atomic E-state index is 12.9. The van der Waals surface area contributed by atoms with E-state index in [1.54, 1.807) is 0 Å². The average molecular weight is 1190 g/mol. The van der Waals surface area contributed by atoms with Gasteiger partial charge in [-0.1, -0.05) is 253 Å². The van der Waals surface area contributed by atoms with E-state index >= 15 is 0 Å². The molecule has 0 aliphatic rings. The molecule has 19 heteroatoms. The molecule has 0 aliphatic carbocycles. The third kappa shape index (κ3) is 55.3. The third-order valence-corrected chi connectivity index (χ3v) is 15.9. The van der Waals surface area contributed by atoms with Crippen LogP contribution in [0.15, 0.2) is 0 Å². The van der Waals surface area contributed by atoms with Crippen LogP contribution < -0.4 is 0 Å². The fraction of sp³-hybridized carbons (Fsp3) is 0.934. The number of unbranched alkanes of at least 4 members (excludes halogenated alkanes) is 33. The SMILES string of the molecule is CCCCCCCCCCCC(=O)OC[C@H](COP(=O)(O)OC[C@@H](O)COP(=O)(O)OC[C@@H](COC(=O)CCCCCCC)OC(=O)CCCCCCCCC)OC(=O)CCCCCCCCCCCCCCCCCCC(C)C. The summed E-state index contributed by atoms with van der Waals surface area (Å²) in [5.74, 6) is -1.34. The van der Waals surface area contributed by atoms with Crippen LogP contribution in [0.5, 0.6) is 0 Å². The molecule has 80 heavy (non-hydrogen) atoms.